The molecule has 32 heavy (non-hydrogen) atoms. The number of likely N-dealkylation sites (N-methyl/N-ethyl adjacent to an activating group) is 1. The minimum absolute atomic E-state index is 0.0949. The summed E-state index contributed by atoms with van der Waals surface area (Å²) < 4.78 is 7.39. The summed E-state index contributed by atoms with van der Waals surface area (Å²) in [6.07, 6.45) is 1.94. The van der Waals surface area contributed by atoms with Crippen LogP contribution in [0.5, 0.6) is 0 Å². The lowest BCUT2D eigenvalue weighted by Gasteiger charge is -2.46. The third kappa shape index (κ3) is 2.97. The first-order chi connectivity index (χ1) is 15.2. The first-order valence-electron chi connectivity index (χ1n) is 10.4. The lowest BCUT2D eigenvalue weighted by molar-refractivity contribution is -0.155. The van der Waals surface area contributed by atoms with Crippen LogP contribution in [0.1, 0.15) is 44.9 Å². The van der Waals surface area contributed by atoms with Gasteiger partial charge in [-0.25, -0.2) is 4.79 Å². The van der Waals surface area contributed by atoms with Gasteiger partial charge in [-0.2, -0.15) is 0 Å². The Bertz CT molecular complexity index is 1160. The average molecular weight is 435 g/mol. The van der Waals surface area contributed by atoms with Crippen LogP contribution in [0.25, 0.3) is 0 Å². The molecule has 1 atom stereocenters. The van der Waals surface area contributed by atoms with Crippen molar-refractivity contribution in [3.05, 3.63) is 65.5 Å². The van der Waals surface area contributed by atoms with E-state index in [0.717, 1.165) is 11.4 Å². The number of benzene rings is 1. The van der Waals surface area contributed by atoms with Crippen molar-refractivity contribution in [3.63, 3.8) is 0 Å². The lowest BCUT2D eigenvalue weighted by atomic mass is 9.97. The van der Waals surface area contributed by atoms with Gasteiger partial charge in [0.2, 0.25) is 17.4 Å². The van der Waals surface area contributed by atoms with Gasteiger partial charge in [-0.3, -0.25) is 19.3 Å². The molecule has 0 spiro atoms. The summed E-state index contributed by atoms with van der Waals surface area (Å²) in [5, 5.41) is 0. The number of esters is 1. The predicted molar refractivity (Wildman–Crippen MR) is 117 cm³/mol. The lowest BCUT2D eigenvalue weighted by Crippen LogP contribution is -2.67. The molecule has 0 bridgehead atoms. The third-order valence-corrected chi connectivity index (χ3v) is 6.39. The maximum absolute atomic E-state index is 13.3. The summed E-state index contributed by atoms with van der Waals surface area (Å²) in [6.45, 7) is 7.53. The van der Waals surface area contributed by atoms with E-state index in [9.17, 15) is 19.2 Å². The minimum Gasteiger partial charge on any atom is -0.454 e. The smallest absolute Gasteiger partial charge is 0.354 e. The van der Waals surface area contributed by atoms with Crippen molar-refractivity contribution in [1.29, 1.82) is 0 Å². The molecule has 2 aliphatic rings. The Hall–Kier alpha value is -3.68. The van der Waals surface area contributed by atoms with Crippen LogP contribution in [0.2, 0.25) is 0 Å². The number of amides is 2. The van der Waals surface area contributed by atoms with Gasteiger partial charge in [0.15, 0.2) is 6.61 Å². The van der Waals surface area contributed by atoms with Gasteiger partial charge in [0.05, 0.1) is 11.3 Å². The Labute approximate surface area is 186 Å². The molecular weight excluding hydrogens is 410 g/mol. The highest BCUT2D eigenvalue weighted by molar-refractivity contribution is 6.15. The van der Waals surface area contributed by atoms with Crippen LogP contribution in [-0.4, -0.2) is 52.4 Å². The molecule has 1 aromatic carbocycles. The monoisotopic (exact) mass is 435 g/mol. The number of carbonyl (C=O) groups excluding carboxylic acids is 4. The van der Waals surface area contributed by atoms with E-state index >= 15 is 0 Å². The molecule has 0 saturated carbocycles. The molecule has 1 aromatic heterocycles. The van der Waals surface area contributed by atoms with Crippen LogP contribution in [-0.2, 0) is 20.9 Å². The molecular formula is C24H25N3O5. The summed E-state index contributed by atoms with van der Waals surface area (Å²) in [5.41, 5.74) is 1.26. The van der Waals surface area contributed by atoms with Crippen LogP contribution < -0.4 is 4.90 Å². The fourth-order valence-electron chi connectivity index (χ4n) is 4.71. The molecule has 0 N–H and O–H groups in total. The number of Topliss-reactive ketones (excluding diaryl/α,β-unsaturated/α-hetero) is 1. The fraction of sp³-hybridized carbons (Fsp3) is 0.333. The summed E-state index contributed by atoms with van der Waals surface area (Å²) in [7, 11) is 1.48. The zero-order valence-corrected chi connectivity index (χ0v) is 18.4. The Morgan fingerprint density at radius 1 is 1.22 bits per heavy atom. The Morgan fingerprint density at radius 3 is 2.66 bits per heavy atom. The van der Waals surface area contributed by atoms with Crippen LogP contribution in [0.4, 0.5) is 5.69 Å². The normalized spacial score (nSPS) is 19.6. The molecule has 8 nitrogen and oxygen atoms in total. The quantitative estimate of drug-likeness (QED) is 0.395. The standard InChI is InChI=1S/C24H25N3O5/c1-5-12-26-15(2)13-18(16(26)3)20(28)14-32-23(31)24-11-10-21(29)27(24)19-9-7-6-8-17(19)22(30)25(24)4/h5-9,13H,1,10-12,14H2,2-4H3. The molecule has 2 aliphatic heterocycles. The van der Waals surface area contributed by atoms with E-state index in [1.165, 1.54) is 16.8 Å². The number of carbonyl (C=O) groups is 4. The highest BCUT2D eigenvalue weighted by Crippen LogP contribution is 2.44. The van der Waals surface area contributed by atoms with E-state index in [4.69, 9.17) is 4.74 Å². The van der Waals surface area contributed by atoms with E-state index in [-0.39, 0.29) is 30.4 Å². The van der Waals surface area contributed by atoms with E-state index in [0.29, 0.717) is 23.4 Å². The van der Waals surface area contributed by atoms with E-state index in [2.05, 4.69) is 6.58 Å². The predicted octanol–water partition coefficient (Wildman–Crippen LogP) is 2.63. The maximum atomic E-state index is 13.3. The molecule has 0 radical (unpaired) electrons. The number of allylic oxidation sites excluding steroid dienone is 1. The van der Waals surface area contributed by atoms with Gasteiger partial charge >= 0.3 is 5.97 Å². The second-order valence-electron chi connectivity index (χ2n) is 8.11. The van der Waals surface area contributed by atoms with Gasteiger partial charge < -0.3 is 14.2 Å². The maximum Gasteiger partial charge on any atom is 0.354 e. The Kier molecular flexibility index (Phi) is 5.24. The van der Waals surface area contributed by atoms with Crippen molar-refractivity contribution in [1.82, 2.24) is 9.47 Å². The molecule has 1 unspecified atom stereocenters. The molecule has 1 fully saturated rings. The average Bonchev–Trinajstić information content (AvgIpc) is 3.28. The van der Waals surface area contributed by atoms with Gasteiger partial charge in [-0.1, -0.05) is 18.2 Å². The zero-order chi connectivity index (χ0) is 23.2. The van der Waals surface area contributed by atoms with E-state index in [1.807, 2.05) is 18.4 Å². The molecule has 2 amide bonds. The number of para-hydroxylation sites is 1. The van der Waals surface area contributed by atoms with Gasteiger partial charge in [-0.05, 0) is 32.0 Å². The number of ketones is 1. The zero-order valence-electron chi connectivity index (χ0n) is 18.4. The minimum atomic E-state index is -1.59. The SMILES string of the molecule is C=CCn1c(C)cc(C(=O)COC(=O)C23CCC(=O)N2c2ccccc2C(=O)N3C)c1C. The molecule has 1 saturated heterocycles. The summed E-state index contributed by atoms with van der Waals surface area (Å²) >= 11 is 0. The number of rotatable bonds is 6. The van der Waals surface area contributed by atoms with Crippen LogP contribution >= 0.6 is 0 Å². The molecule has 3 heterocycles. The summed E-state index contributed by atoms with van der Waals surface area (Å²) in [6, 6.07) is 8.44. The van der Waals surface area contributed by atoms with Crippen molar-refractivity contribution in [2.45, 2.75) is 38.9 Å². The highest BCUT2D eigenvalue weighted by atomic mass is 16.5. The number of ether oxygens (including phenoxy) is 1. The Balaban J connectivity index is 1.61. The second kappa shape index (κ2) is 7.78. The summed E-state index contributed by atoms with van der Waals surface area (Å²) in [4.78, 5) is 54.5. The summed E-state index contributed by atoms with van der Waals surface area (Å²) in [5.74, 6) is -1.78. The number of anilines is 1. The molecule has 0 aliphatic carbocycles. The largest absolute Gasteiger partial charge is 0.454 e. The number of hydrogen-bond acceptors (Lipinski definition) is 5. The van der Waals surface area contributed by atoms with Crippen LogP contribution in [0.15, 0.2) is 43.0 Å². The van der Waals surface area contributed by atoms with Crippen molar-refractivity contribution in [3.8, 4) is 0 Å². The topological polar surface area (TPSA) is 88.9 Å². The van der Waals surface area contributed by atoms with Gasteiger partial charge in [-0.15, -0.1) is 6.58 Å². The first-order valence-corrected chi connectivity index (χ1v) is 10.4. The van der Waals surface area contributed by atoms with Crippen molar-refractivity contribution in [2.24, 2.45) is 0 Å². The molecule has 166 valence electrons. The molecule has 2 aromatic rings. The van der Waals surface area contributed by atoms with Crippen molar-refractivity contribution < 1.29 is 23.9 Å². The van der Waals surface area contributed by atoms with Crippen molar-refractivity contribution in [2.75, 3.05) is 18.6 Å². The number of hydrogen-bond donors (Lipinski definition) is 0. The third-order valence-electron chi connectivity index (χ3n) is 6.39. The van der Waals surface area contributed by atoms with E-state index in [1.54, 1.807) is 36.4 Å². The van der Waals surface area contributed by atoms with E-state index < -0.39 is 18.2 Å². The number of aryl methyl sites for hydroxylation is 1. The number of aromatic nitrogens is 1. The van der Waals surface area contributed by atoms with Gasteiger partial charge in [0.25, 0.3) is 5.91 Å². The Morgan fingerprint density at radius 2 is 1.94 bits per heavy atom. The highest BCUT2D eigenvalue weighted by Gasteiger charge is 2.60. The van der Waals surface area contributed by atoms with Gasteiger partial charge in [0, 0.05) is 43.4 Å². The first kappa shape index (κ1) is 21.5. The fourth-order valence-corrected chi connectivity index (χ4v) is 4.71. The second-order valence-corrected chi connectivity index (χ2v) is 8.11. The van der Waals surface area contributed by atoms with Crippen LogP contribution in [0.3, 0.4) is 0 Å². The molecule has 8 heteroatoms. The van der Waals surface area contributed by atoms with Crippen molar-refractivity contribution >= 4 is 29.3 Å². The number of nitrogens with zero attached hydrogens (tertiary/aromatic N) is 3. The number of fused-ring (bicyclic) bond motifs is 3. The molecule has 4 rings (SSSR count). The van der Waals surface area contributed by atoms with Gasteiger partial charge in [0.1, 0.15) is 0 Å². The van der Waals surface area contributed by atoms with Crippen LogP contribution in [0, 0.1) is 13.8 Å².